The number of hydrogen-bond acceptors (Lipinski definition) is 3. The Bertz CT molecular complexity index is 470. The van der Waals surface area contributed by atoms with E-state index in [0.717, 1.165) is 13.0 Å². The molecule has 2 N–H and O–H groups in total. The fourth-order valence-corrected chi connectivity index (χ4v) is 2.13. The van der Waals surface area contributed by atoms with Gasteiger partial charge in [0.15, 0.2) is 0 Å². The molecule has 0 aliphatic carbocycles. The van der Waals surface area contributed by atoms with Crippen molar-refractivity contribution in [2.24, 2.45) is 5.73 Å². The first-order valence-electron chi connectivity index (χ1n) is 5.84. The highest BCUT2D eigenvalue weighted by Crippen LogP contribution is 2.15. The largest absolute Gasteiger partial charge is 0.389 e. The third-order valence-electron chi connectivity index (χ3n) is 3.17. The Hall–Kier alpha value is -1.46. The summed E-state index contributed by atoms with van der Waals surface area (Å²) < 4.78 is 5.29. The van der Waals surface area contributed by atoms with Crippen molar-refractivity contribution in [3.8, 4) is 0 Å². The van der Waals surface area contributed by atoms with Crippen LogP contribution >= 0.6 is 12.2 Å². The number of thiocarbonyl (C=S) groups is 1. The van der Waals surface area contributed by atoms with Crippen LogP contribution in [0.5, 0.6) is 0 Å². The topological polar surface area (TPSA) is 55.6 Å². The maximum atomic E-state index is 12.3. The van der Waals surface area contributed by atoms with Crippen LogP contribution in [0.2, 0.25) is 0 Å². The van der Waals surface area contributed by atoms with E-state index in [2.05, 4.69) is 0 Å². The van der Waals surface area contributed by atoms with Gasteiger partial charge in [-0.15, -0.1) is 0 Å². The van der Waals surface area contributed by atoms with E-state index < -0.39 is 0 Å². The minimum absolute atomic E-state index is 0.0244. The van der Waals surface area contributed by atoms with E-state index in [9.17, 15) is 4.79 Å². The minimum Gasteiger partial charge on any atom is -0.389 e. The number of amides is 1. The average Bonchev–Trinajstić information content (AvgIpc) is 2.91. The summed E-state index contributed by atoms with van der Waals surface area (Å²) in [5.74, 6) is -0.0244. The summed E-state index contributed by atoms with van der Waals surface area (Å²) in [7, 11) is 1.80. The van der Waals surface area contributed by atoms with E-state index in [1.54, 1.807) is 36.2 Å². The zero-order chi connectivity index (χ0) is 13.1. The lowest BCUT2D eigenvalue weighted by Crippen LogP contribution is -2.37. The van der Waals surface area contributed by atoms with E-state index in [4.69, 9.17) is 22.7 Å². The first kappa shape index (κ1) is 13.0. The van der Waals surface area contributed by atoms with Crippen LogP contribution < -0.4 is 5.73 Å². The number of carbonyl (C=O) groups excluding carboxylic acids is 1. The predicted molar refractivity (Wildman–Crippen MR) is 73.6 cm³/mol. The van der Waals surface area contributed by atoms with Gasteiger partial charge in [-0.25, -0.2) is 0 Å². The molecule has 1 aliphatic heterocycles. The molecule has 1 fully saturated rings. The zero-order valence-corrected chi connectivity index (χ0v) is 11.1. The van der Waals surface area contributed by atoms with Gasteiger partial charge in [0.25, 0.3) is 5.91 Å². The third kappa shape index (κ3) is 2.68. The second kappa shape index (κ2) is 5.46. The highest BCUT2D eigenvalue weighted by atomic mass is 32.1. The van der Waals surface area contributed by atoms with Crippen LogP contribution in [0.4, 0.5) is 0 Å². The van der Waals surface area contributed by atoms with Crippen molar-refractivity contribution in [2.75, 3.05) is 20.3 Å². The van der Waals surface area contributed by atoms with Crippen molar-refractivity contribution >= 4 is 23.1 Å². The second-order valence-electron chi connectivity index (χ2n) is 4.38. The molecule has 1 aromatic carbocycles. The van der Waals surface area contributed by atoms with E-state index in [1.807, 2.05) is 0 Å². The van der Waals surface area contributed by atoms with Gasteiger partial charge in [-0.2, -0.15) is 0 Å². The molecule has 1 amide bonds. The minimum atomic E-state index is -0.0244. The van der Waals surface area contributed by atoms with Gasteiger partial charge in [0, 0.05) is 24.8 Å². The van der Waals surface area contributed by atoms with E-state index in [1.165, 1.54) is 0 Å². The molecular weight excluding hydrogens is 248 g/mol. The molecule has 5 heteroatoms. The summed E-state index contributed by atoms with van der Waals surface area (Å²) in [6.45, 7) is 1.33. The van der Waals surface area contributed by atoms with Crippen LogP contribution in [-0.4, -0.2) is 42.1 Å². The van der Waals surface area contributed by atoms with Gasteiger partial charge in [0.05, 0.1) is 12.6 Å². The first-order chi connectivity index (χ1) is 8.59. The molecule has 1 unspecified atom stereocenters. The quantitative estimate of drug-likeness (QED) is 0.833. The van der Waals surface area contributed by atoms with Crippen molar-refractivity contribution in [3.63, 3.8) is 0 Å². The molecule has 0 bridgehead atoms. The number of rotatable bonds is 3. The lowest BCUT2D eigenvalue weighted by atomic mass is 10.1. The Morgan fingerprint density at radius 2 is 2.22 bits per heavy atom. The maximum Gasteiger partial charge on any atom is 0.253 e. The molecule has 18 heavy (non-hydrogen) atoms. The van der Waals surface area contributed by atoms with E-state index in [0.29, 0.717) is 22.7 Å². The monoisotopic (exact) mass is 264 g/mol. The van der Waals surface area contributed by atoms with Crippen LogP contribution in [-0.2, 0) is 4.74 Å². The molecule has 0 aromatic heterocycles. The van der Waals surface area contributed by atoms with Gasteiger partial charge < -0.3 is 15.4 Å². The van der Waals surface area contributed by atoms with Crippen molar-refractivity contribution in [2.45, 2.75) is 12.5 Å². The van der Waals surface area contributed by atoms with Gasteiger partial charge in [-0.3, -0.25) is 4.79 Å². The second-order valence-corrected chi connectivity index (χ2v) is 4.82. The van der Waals surface area contributed by atoms with E-state index in [-0.39, 0.29) is 11.9 Å². The molecule has 4 nitrogen and oxygen atoms in total. The SMILES string of the molecule is CN(C(=O)c1cccc(C(N)=S)c1)C1CCOC1. The summed E-state index contributed by atoms with van der Waals surface area (Å²) >= 11 is 4.91. The van der Waals surface area contributed by atoms with Gasteiger partial charge in [0.1, 0.15) is 4.99 Å². The lowest BCUT2D eigenvalue weighted by molar-refractivity contribution is 0.0711. The molecule has 2 rings (SSSR count). The van der Waals surface area contributed by atoms with Crippen molar-refractivity contribution in [3.05, 3.63) is 35.4 Å². The fraction of sp³-hybridized carbons (Fsp3) is 0.385. The smallest absolute Gasteiger partial charge is 0.253 e. The highest BCUT2D eigenvalue weighted by molar-refractivity contribution is 7.80. The molecule has 0 spiro atoms. The summed E-state index contributed by atoms with van der Waals surface area (Å²) in [5.41, 5.74) is 6.89. The summed E-state index contributed by atoms with van der Waals surface area (Å²) in [6.07, 6.45) is 0.886. The average molecular weight is 264 g/mol. The molecule has 1 heterocycles. The molecule has 1 saturated heterocycles. The number of nitrogens with two attached hydrogens (primary N) is 1. The van der Waals surface area contributed by atoms with Crippen molar-refractivity contribution in [1.29, 1.82) is 0 Å². The van der Waals surface area contributed by atoms with Crippen molar-refractivity contribution in [1.82, 2.24) is 4.90 Å². The van der Waals surface area contributed by atoms with Gasteiger partial charge in [-0.05, 0) is 18.6 Å². The molecule has 0 saturated carbocycles. The normalized spacial score (nSPS) is 18.6. The predicted octanol–water partition coefficient (Wildman–Crippen LogP) is 1.18. The van der Waals surface area contributed by atoms with Gasteiger partial charge in [0.2, 0.25) is 0 Å². The van der Waals surface area contributed by atoms with Crippen molar-refractivity contribution < 1.29 is 9.53 Å². The third-order valence-corrected chi connectivity index (χ3v) is 3.40. The first-order valence-corrected chi connectivity index (χ1v) is 6.25. The summed E-state index contributed by atoms with van der Waals surface area (Å²) in [6, 6.07) is 7.26. The molecule has 1 aromatic rings. The molecule has 0 radical (unpaired) electrons. The molecule has 1 aliphatic rings. The van der Waals surface area contributed by atoms with Crippen LogP contribution in [0.3, 0.4) is 0 Å². The number of nitrogens with zero attached hydrogens (tertiary/aromatic N) is 1. The van der Waals surface area contributed by atoms with Crippen LogP contribution in [0.1, 0.15) is 22.3 Å². The Morgan fingerprint density at radius 3 is 2.83 bits per heavy atom. The molecule has 96 valence electrons. The number of carbonyl (C=O) groups is 1. The standard InChI is InChI=1S/C13H16N2O2S/c1-15(11-5-6-17-8-11)13(16)10-4-2-3-9(7-10)12(14)18/h2-4,7,11H,5-6,8H2,1H3,(H2,14,18). The molecular formula is C13H16N2O2S. The van der Waals surface area contributed by atoms with Crippen LogP contribution in [0, 0.1) is 0 Å². The summed E-state index contributed by atoms with van der Waals surface area (Å²) in [5, 5.41) is 0. The Labute approximate surface area is 112 Å². The van der Waals surface area contributed by atoms with Crippen LogP contribution in [0.15, 0.2) is 24.3 Å². The van der Waals surface area contributed by atoms with E-state index >= 15 is 0 Å². The number of ether oxygens (including phenoxy) is 1. The lowest BCUT2D eigenvalue weighted by Gasteiger charge is -2.23. The Kier molecular flexibility index (Phi) is 3.93. The molecule has 1 atom stereocenters. The van der Waals surface area contributed by atoms with Gasteiger partial charge in [-0.1, -0.05) is 24.4 Å². The summed E-state index contributed by atoms with van der Waals surface area (Å²) in [4.78, 5) is 14.3. The Morgan fingerprint density at radius 1 is 1.50 bits per heavy atom. The zero-order valence-electron chi connectivity index (χ0n) is 10.3. The number of benzene rings is 1. The van der Waals surface area contributed by atoms with Gasteiger partial charge >= 0.3 is 0 Å². The highest BCUT2D eigenvalue weighted by Gasteiger charge is 2.24. The number of hydrogen-bond donors (Lipinski definition) is 1. The fourth-order valence-electron chi connectivity index (χ4n) is 2.00. The maximum absolute atomic E-state index is 12.3. The Balaban J connectivity index is 2.17. The number of likely N-dealkylation sites (N-methyl/N-ethyl adjacent to an activating group) is 1. The van der Waals surface area contributed by atoms with Crippen LogP contribution in [0.25, 0.3) is 0 Å².